The van der Waals surface area contributed by atoms with Crippen molar-refractivity contribution in [3.05, 3.63) is 0 Å². The van der Waals surface area contributed by atoms with Crippen LogP contribution in [0.1, 0.15) is 65.2 Å². The number of carboxylic acids is 1. The van der Waals surface area contributed by atoms with Crippen LogP contribution in [-0.4, -0.2) is 11.1 Å². The van der Waals surface area contributed by atoms with Crippen LogP contribution in [0.5, 0.6) is 0 Å². The topological polar surface area (TPSA) is 37.3 Å². The second-order valence-corrected chi connectivity index (χ2v) is 5.04. The molecule has 15 heavy (non-hydrogen) atoms. The van der Waals surface area contributed by atoms with Crippen LogP contribution in [0.3, 0.4) is 0 Å². The van der Waals surface area contributed by atoms with Crippen molar-refractivity contribution in [2.75, 3.05) is 0 Å². The summed E-state index contributed by atoms with van der Waals surface area (Å²) in [6, 6.07) is 0. The maximum Gasteiger partial charge on any atom is 0.309 e. The van der Waals surface area contributed by atoms with Gasteiger partial charge in [-0.05, 0) is 18.8 Å². The van der Waals surface area contributed by atoms with Crippen LogP contribution in [0.2, 0.25) is 0 Å². The summed E-state index contributed by atoms with van der Waals surface area (Å²) in [7, 11) is 0. The van der Waals surface area contributed by atoms with E-state index in [-0.39, 0.29) is 0 Å². The first kappa shape index (κ1) is 12.5. The monoisotopic (exact) mass is 212 g/mol. The van der Waals surface area contributed by atoms with E-state index in [1.54, 1.807) is 0 Å². The van der Waals surface area contributed by atoms with Gasteiger partial charge in [-0.2, -0.15) is 0 Å². The first-order valence-electron chi connectivity index (χ1n) is 6.37. The number of rotatable bonds is 3. The SMILES string of the molecule is CCC(C)C1(C(=O)O)CCCCCCC1. The van der Waals surface area contributed by atoms with Crippen molar-refractivity contribution in [2.45, 2.75) is 65.2 Å². The minimum absolute atomic E-state index is 0.313. The molecule has 1 aliphatic carbocycles. The predicted molar refractivity (Wildman–Crippen MR) is 61.8 cm³/mol. The van der Waals surface area contributed by atoms with Gasteiger partial charge in [-0.1, -0.05) is 52.4 Å². The fraction of sp³-hybridized carbons (Fsp3) is 0.923. The highest BCUT2D eigenvalue weighted by atomic mass is 16.4. The fourth-order valence-electron chi connectivity index (χ4n) is 2.84. The lowest BCUT2D eigenvalue weighted by Crippen LogP contribution is -2.38. The second-order valence-electron chi connectivity index (χ2n) is 5.04. The number of hydrogen-bond acceptors (Lipinski definition) is 1. The Bertz CT molecular complexity index is 203. The van der Waals surface area contributed by atoms with Gasteiger partial charge in [0.25, 0.3) is 0 Å². The first-order valence-corrected chi connectivity index (χ1v) is 6.37. The Morgan fingerprint density at radius 1 is 1.20 bits per heavy atom. The molecule has 1 fully saturated rings. The van der Waals surface area contributed by atoms with Gasteiger partial charge in [0.2, 0.25) is 0 Å². The molecule has 0 spiro atoms. The van der Waals surface area contributed by atoms with E-state index in [2.05, 4.69) is 13.8 Å². The molecule has 0 heterocycles. The van der Waals surface area contributed by atoms with E-state index >= 15 is 0 Å². The highest BCUT2D eigenvalue weighted by Gasteiger charge is 2.41. The normalized spacial score (nSPS) is 23.9. The minimum atomic E-state index is -0.557. The number of hydrogen-bond donors (Lipinski definition) is 1. The smallest absolute Gasteiger partial charge is 0.309 e. The maximum absolute atomic E-state index is 11.5. The standard InChI is InChI=1S/C13H24O2/c1-3-11(2)13(12(14)15)9-7-5-4-6-8-10-13/h11H,3-10H2,1-2H3,(H,14,15). The third-order valence-corrected chi connectivity index (χ3v) is 4.23. The van der Waals surface area contributed by atoms with Crippen molar-refractivity contribution < 1.29 is 9.90 Å². The summed E-state index contributed by atoms with van der Waals surface area (Å²) >= 11 is 0. The molecule has 0 amide bonds. The van der Waals surface area contributed by atoms with Gasteiger partial charge in [0.1, 0.15) is 0 Å². The molecule has 0 aromatic rings. The minimum Gasteiger partial charge on any atom is -0.481 e. The molecule has 1 unspecified atom stereocenters. The molecular weight excluding hydrogens is 188 g/mol. The summed E-state index contributed by atoms with van der Waals surface area (Å²) in [5, 5.41) is 9.51. The Labute approximate surface area is 93.1 Å². The van der Waals surface area contributed by atoms with Gasteiger partial charge in [-0.15, -0.1) is 0 Å². The molecular formula is C13H24O2. The molecule has 2 heteroatoms. The fourth-order valence-corrected chi connectivity index (χ4v) is 2.84. The van der Waals surface area contributed by atoms with Gasteiger partial charge in [0.05, 0.1) is 5.41 Å². The first-order chi connectivity index (χ1) is 7.13. The molecule has 1 saturated carbocycles. The highest BCUT2D eigenvalue weighted by Crippen LogP contribution is 2.42. The van der Waals surface area contributed by atoms with Gasteiger partial charge < -0.3 is 5.11 Å². The molecule has 0 saturated heterocycles. The molecule has 0 bridgehead atoms. The highest BCUT2D eigenvalue weighted by molar-refractivity contribution is 5.75. The maximum atomic E-state index is 11.5. The van der Waals surface area contributed by atoms with E-state index < -0.39 is 11.4 Å². The Morgan fingerprint density at radius 3 is 2.07 bits per heavy atom. The molecule has 1 aliphatic rings. The Kier molecular flexibility index (Phi) is 4.62. The lowest BCUT2D eigenvalue weighted by molar-refractivity contribution is -0.154. The molecule has 1 N–H and O–H groups in total. The third-order valence-electron chi connectivity index (χ3n) is 4.23. The Balaban J connectivity index is 2.80. The van der Waals surface area contributed by atoms with Gasteiger partial charge in [0.15, 0.2) is 0 Å². The van der Waals surface area contributed by atoms with Crippen LogP contribution >= 0.6 is 0 Å². The summed E-state index contributed by atoms with van der Waals surface area (Å²) in [6.07, 6.45) is 8.65. The van der Waals surface area contributed by atoms with E-state index in [1.807, 2.05) is 0 Å². The zero-order valence-electron chi connectivity index (χ0n) is 10.1. The largest absolute Gasteiger partial charge is 0.481 e. The van der Waals surface area contributed by atoms with Gasteiger partial charge in [-0.25, -0.2) is 0 Å². The zero-order valence-corrected chi connectivity index (χ0v) is 10.1. The summed E-state index contributed by atoms with van der Waals surface area (Å²) in [5.41, 5.74) is -0.421. The number of carboxylic acid groups (broad SMARTS) is 1. The molecule has 1 rings (SSSR count). The van der Waals surface area contributed by atoms with Crippen molar-refractivity contribution >= 4 is 5.97 Å². The summed E-state index contributed by atoms with van der Waals surface area (Å²) < 4.78 is 0. The van der Waals surface area contributed by atoms with Crippen LogP contribution in [0.15, 0.2) is 0 Å². The average molecular weight is 212 g/mol. The number of aliphatic carboxylic acids is 1. The lowest BCUT2D eigenvalue weighted by atomic mass is 9.67. The van der Waals surface area contributed by atoms with Crippen molar-refractivity contribution in [3.8, 4) is 0 Å². The average Bonchev–Trinajstić information content (AvgIpc) is 2.16. The quantitative estimate of drug-likeness (QED) is 0.771. The summed E-state index contributed by atoms with van der Waals surface area (Å²) in [5.74, 6) is -0.244. The third kappa shape index (κ3) is 2.73. The van der Waals surface area contributed by atoms with Crippen LogP contribution in [0.4, 0.5) is 0 Å². The van der Waals surface area contributed by atoms with E-state index in [4.69, 9.17) is 0 Å². The predicted octanol–water partition coefficient (Wildman–Crippen LogP) is 3.85. The molecule has 2 nitrogen and oxygen atoms in total. The summed E-state index contributed by atoms with van der Waals surface area (Å²) in [4.78, 5) is 11.5. The van der Waals surface area contributed by atoms with Crippen LogP contribution in [-0.2, 0) is 4.79 Å². The van der Waals surface area contributed by atoms with Crippen molar-refractivity contribution in [2.24, 2.45) is 11.3 Å². The molecule has 0 radical (unpaired) electrons. The molecule has 1 atom stereocenters. The van der Waals surface area contributed by atoms with Gasteiger partial charge >= 0.3 is 5.97 Å². The molecule has 0 aromatic carbocycles. The Hall–Kier alpha value is -0.530. The molecule has 0 aromatic heterocycles. The van der Waals surface area contributed by atoms with Crippen LogP contribution < -0.4 is 0 Å². The van der Waals surface area contributed by atoms with Gasteiger partial charge in [-0.3, -0.25) is 4.79 Å². The van der Waals surface area contributed by atoms with E-state index in [9.17, 15) is 9.90 Å². The molecule has 0 aliphatic heterocycles. The zero-order chi connectivity index (χ0) is 11.3. The van der Waals surface area contributed by atoms with Crippen LogP contribution in [0.25, 0.3) is 0 Å². The van der Waals surface area contributed by atoms with E-state index in [1.165, 1.54) is 19.3 Å². The lowest BCUT2D eigenvalue weighted by Gasteiger charge is -2.36. The van der Waals surface area contributed by atoms with Crippen LogP contribution in [0, 0.1) is 11.3 Å². The van der Waals surface area contributed by atoms with E-state index in [0.717, 1.165) is 32.1 Å². The van der Waals surface area contributed by atoms with Gasteiger partial charge in [0, 0.05) is 0 Å². The van der Waals surface area contributed by atoms with Crippen molar-refractivity contribution in [1.82, 2.24) is 0 Å². The second kappa shape index (κ2) is 5.53. The van der Waals surface area contributed by atoms with E-state index in [0.29, 0.717) is 5.92 Å². The number of carbonyl (C=O) groups is 1. The Morgan fingerprint density at radius 2 is 1.67 bits per heavy atom. The van der Waals surface area contributed by atoms with Crippen molar-refractivity contribution in [3.63, 3.8) is 0 Å². The molecule has 88 valence electrons. The van der Waals surface area contributed by atoms with Crippen molar-refractivity contribution in [1.29, 1.82) is 0 Å². The summed E-state index contributed by atoms with van der Waals surface area (Å²) in [6.45, 7) is 4.21.